The third-order valence-electron chi connectivity index (χ3n) is 2.30. The molecule has 19 heavy (non-hydrogen) atoms. The fraction of sp³-hybridized carbons (Fsp3) is 0. The van der Waals surface area contributed by atoms with Crippen LogP contribution in [0.3, 0.4) is 0 Å². The van der Waals surface area contributed by atoms with Crippen molar-refractivity contribution in [2.75, 3.05) is 5.32 Å². The smallest absolute Gasteiger partial charge is 0.196 e. The molecule has 1 N–H and O–H groups in total. The number of nitrogens with one attached hydrogen (secondary N) is 1. The Morgan fingerprint density at radius 3 is 2.58 bits per heavy atom. The first-order valence-electron chi connectivity index (χ1n) is 4.99. The van der Waals surface area contributed by atoms with E-state index in [9.17, 15) is 13.2 Å². The van der Waals surface area contributed by atoms with Crippen molar-refractivity contribution < 1.29 is 13.2 Å². The number of rotatable bonds is 2. The lowest BCUT2D eigenvalue weighted by atomic mass is 10.2. The molecule has 2 aromatic rings. The van der Waals surface area contributed by atoms with Crippen LogP contribution in [0.5, 0.6) is 0 Å². The molecule has 7 heteroatoms. The summed E-state index contributed by atoms with van der Waals surface area (Å²) < 4.78 is 39.3. The first kappa shape index (κ1) is 13.2. The first-order chi connectivity index (χ1) is 9.04. The van der Waals surface area contributed by atoms with E-state index in [1.54, 1.807) is 0 Å². The van der Waals surface area contributed by atoms with Gasteiger partial charge in [0.05, 0.1) is 11.3 Å². The van der Waals surface area contributed by atoms with E-state index in [2.05, 4.69) is 10.3 Å². The van der Waals surface area contributed by atoms with Gasteiger partial charge in [0.25, 0.3) is 0 Å². The SMILES string of the molecule is N#Cc1ccnc(Nc2ccc(F)c(F)c2F)c1Cl. The minimum absolute atomic E-state index is 0.0226. The fourth-order valence-electron chi connectivity index (χ4n) is 1.37. The number of hydrogen-bond donors (Lipinski definition) is 1. The van der Waals surface area contributed by atoms with Crippen molar-refractivity contribution >= 4 is 23.1 Å². The van der Waals surface area contributed by atoms with Crippen molar-refractivity contribution in [1.82, 2.24) is 4.98 Å². The number of pyridine rings is 1. The maximum Gasteiger partial charge on any atom is 0.196 e. The zero-order valence-corrected chi connectivity index (χ0v) is 9.97. The number of nitrogens with zero attached hydrogens (tertiary/aromatic N) is 2. The maximum absolute atomic E-state index is 13.4. The summed E-state index contributed by atoms with van der Waals surface area (Å²) in [6.07, 6.45) is 1.28. The standard InChI is InChI=1S/C12H5ClF3N3/c13-9-6(5-17)3-4-18-12(9)19-8-2-1-7(14)10(15)11(8)16/h1-4H,(H,18,19). The lowest BCUT2D eigenvalue weighted by molar-refractivity contribution is 0.449. The lowest BCUT2D eigenvalue weighted by Crippen LogP contribution is -2.01. The van der Waals surface area contributed by atoms with Crippen molar-refractivity contribution in [3.05, 3.63) is 52.4 Å². The Kier molecular flexibility index (Phi) is 3.58. The Bertz CT molecular complexity index is 683. The number of anilines is 2. The number of halogens is 4. The molecule has 0 spiro atoms. The fourth-order valence-corrected chi connectivity index (χ4v) is 1.57. The van der Waals surface area contributed by atoms with Crippen LogP contribution in [0.4, 0.5) is 24.7 Å². The number of benzene rings is 1. The molecule has 0 saturated heterocycles. The van der Waals surface area contributed by atoms with E-state index in [1.807, 2.05) is 6.07 Å². The summed E-state index contributed by atoms with van der Waals surface area (Å²) in [7, 11) is 0. The maximum atomic E-state index is 13.4. The van der Waals surface area contributed by atoms with E-state index in [1.165, 1.54) is 12.3 Å². The minimum atomic E-state index is -1.60. The molecule has 0 aliphatic heterocycles. The van der Waals surface area contributed by atoms with Crippen molar-refractivity contribution in [3.63, 3.8) is 0 Å². The van der Waals surface area contributed by atoms with Gasteiger partial charge in [0, 0.05) is 6.20 Å². The third-order valence-corrected chi connectivity index (χ3v) is 2.68. The van der Waals surface area contributed by atoms with Gasteiger partial charge in [-0.05, 0) is 18.2 Å². The van der Waals surface area contributed by atoms with E-state index in [0.29, 0.717) is 0 Å². The molecule has 0 atom stereocenters. The van der Waals surface area contributed by atoms with Gasteiger partial charge in [-0.25, -0.2) is 18.2 Å². The molecule has 96 valence electrons. The minimum Gasteiger partial charge on any atom is -0.336 e. The second-order valence-corrected chi connectivity index (χ2v) is 3.86. The second kappa shape index (κ2) is 5.16. The van der Waals surface area contributed by atoms with E-state index in [-0.39, 0.29) is 22.1 Å². The number of aromatic nitrogens is 1. The normalized spacial score (nSPS) is 10.1. The summed E-state index contributed by atoms with van der Waals surface area (Å²) in [4.78, 5) is 3.80. The van der Waals surface area contributed by atoms with Gasteiger partial charge in [-0.15, -0.1) is 0 Å². The highest BCUT2D eigenvalue weighted by molar-refractivity contribution is 6.34. The van der Waals surface area contributed by atoms with Crippen molar-refractivity contribution in [1.29, 1.82) is 5.26 Å². The van der Waals surface area contributed by atoms with Gasteiger partial charge < -0.3 is 5.32 Å². The van der Waals surface area contributed by atoms with Crippen molar-refractivity contribution in [2.45, 2.75) is 0 Å². The van der Waals surface area contributed by atoms with Crippen LogP contribution in [0, 0.1) is 28.8 Å². The molecule has 0 aliphatic rings. The summed E-state index contributed by atoms with van der Waals surface area (Å²) in [6.45, 7) is 0. The highest BCUT2D eigenvalue weighted by Crippen LogP contribution is 2.28. The summed E-state index contributed by atoms with van der Waals surface area (Å²) >= 11 is 5.84. The second-order valence-electron chi connectivity index (χ2n) is 3.48. The molecule has 1 aromatic heterocycles. The van der Waals surface area contributed by atoms with Crippen LogP contribution in [0.15, 0.2) is 24.4 Å². The van der Waals surface area contributed by atoms with E-state index >= 15 is 0 Å². The van der Waals surface area contributed by atoms with Crippen LogP contribution in [0.25, 0.3) is 0 Å². The summed E-state index contributed by atoms with van der Waals surface area (Å²) in [5.41, 5.74) is -0.203. The molecule has 1 heterocycles. The summed E-state index contributed by atoms with van der Waals surface area (Å²) in [5, 5.41) is 11.1. The van der Waals surface area contributed by atoms with Gasteiger partial charge >= 0.3 is 0 Å². The Morgan fingerprint density at radius 1 is 1.16 bits per heavy atom. The zero-order valence-electron chi connectivity index (χ0n) is 9.22. The van der Waals surface area contributed by atoms with Gasteiger partial charge in [0.15, 0.2) is 23.3 Å². The molecule has 0 amide bonds. The highest BCUT2D eigenvalue weighted by atomic mass is 35.5. The quantitative estimate of drug-likeness (QED) is 0.854. The zero-order chi connectivity index (χ0) is 14.0. The molecule has 3 nitrogen and oxygen atoms in total. The highest BCUT2D eigenvalue weighted by Gasteiger charge is 2.15. The molecule has 0 unspecified atom stereocenters. The molecule has 0 fully saturated rings. The van der Waals surface area contributed by atoms with Crippen LogP contribution in [-0.2, 0) is 0 Å². The summed E-state index contributed by atoms with van der Waals surface area (Å²) in [5.74, 6) is -4.31. The van der Waals surface area contributed by atoms with E-state index in [4.69, 9.17) is 16.9 Å². The largest absolute Gasteiger partial charge is 0.336 e. The average Bonchev–Trinajstić information content (AvgIpc) is 2.41. The van der Waals surface area contributed by atoms with Crippen LogP contribution in [-0.4, -0.2) is 4.98 Å². The molecular weight excluding hydrogens is 279 g/mol. The van der Waals surface area contributed by atoms with Crippen LogP contribution in [0.2, 0.25) is 5.02 Å². The number of hydrogen-bond acceptors (Lipinski definition) is 3. The molecular formula is C12H5ClF3N3. The monoisotopic (exact) mass is 283 g/mol. The van der Waals surface area contributed by atoms with Crippen LogP contribution < -0.4 is 5.32 Å². The Morgan fingerprint density at radius 2 is 1.89 bits per heavy atom. The third kappa shape index (κ3) is 2.46. The van der Waals surface area contributed by atoms with Crippen molar-refractivity contribution in [2.24, 2.45) is 0 Å². The van der Waals surface area contributed by atoms with Gasteiger partial charge in [-0.3, -0.25) is 0 Å². The van der Waals surface area contributed by atoms with Gasteiger partial charge in [0.1, 0.15) is 11.1 Å². The Balaban J connectivity index is 2.43. The van der Waals surface area contributed by atoms with Crippen LogP contribution >= 0.6 is 11.6 Å². The van der Waals surface area contributed by atoms with E-state index < -0.39 is 17.5 Å². The molecule has 1 aromatic carbocycles. The first-order valence-corrected chi connectivity index (χ1v) is 5.37. The average molecular weight is 284 g/mol. The lowest BCUT2D eigenvalue weighted by Gasteiger charge is -2.09. The summed E-state index contributed by atoms with van der Waals surface area (Å²) in [6, 6.07) is 4.96. The molecule has 0 aliphatic carbocycles. The topological polar surface area (TPSA) is 48.7 Å². The van der Waals surface area contributed by atoms with Crippen molar-refractivity contribution in [3.8, 4) is 6.07 Å². The predicted molar refractivity (Wildman–Crippen MR) is 63.6 cm³/mol. The number of nitriles is 1. The molecule has 0 radical (unpaired) electrons. The Hall–Kier alpha value is -2.26. The predicted octanol–water partition coefficient (Wildman–Crippen LogP) is 3.77. The van der Waals surface area contributed by atoms with Gasteiger partial charge in [-0.2, -0.15) is 5.26 Å². The molecule has 0 bridgehead atoms. The van der Waals surface area contributed by atoms with E-state index in [0.717, 1.165) is 12.1 Å². The molecule has 2 rings (SSSR count). The van der Waals surface area contributed by atoms with Crippen LogP contribution in [0.1, 0.15) is 5.56 Å². The van der Waals surface area contributed by atoms with Gasteiger partial charge in [0.2, 0.25) is 0 Å². The Labute approximate surface area is 111 Å². The van der Waals surface area contributed by atoms with Gasteiger partial charge in [-0.1, -0.05) is 11.6 Å². The molecule has 0 saturated carbocycles.